The van der Waals surface area contributed by atoms with E-state index in [0.29, 0.717) is 5.69 Å². The van der Waals surface area contributed by atoms with Gasteiger partial charge in [-0.1, -0.05) is 22.0 Å². The number of hydrogen-bond acceptors (Lipinski definition) is 6. The number of thiazole rings is 1. The van der Waals surface area contributed by atoms with Crippen molar-refractivity contribution in [1.29, 1.82) is 0 Å². The average molecular weight is 437 g/mol. The van der Waals surface area contributed by atoms with Gasteiger partial charge in [-0.3, -0.25) is 4.79 Å². The molecular weight excluding hydrogens is 424 g/mol. The van der Waals surface area contributed by atoms with Gasteiger partial charge in [-0.15, -0.1) is 22.7 Å². The van der Waals surface area contributed by atoms with Crippen molar-refractivity contribution in [3.63, 3.8) is 0 Å². The zero-order chi connectivity index (χ0) is 17.8. The lowest BCUT2D eigenvalue weighted by Gasteiger charge is -2.08. The normalized spacial score (nSPS) is 10.5. The van der Waals surface area contributed by atoms with E-state index in [1.807, 2.05) is 36.6 Å². The lowest BCUT2D eigenvalue weighted by molar-refractivity contribution is -0.119. The number of benzene rings is 1. The molecule has 0 radical (unpaired) electrons. The molecule has 0 bridgehead atoms. The molecule has 0 aliphatic heterocycles. The van der Waals surface area contributed by atoms with Crippen LogP contribution in [0, 0.1) is 6.92 Å². The van der Waals surface area contributed by atoms with Crippen molar-refractivity contribution in [2.24, 2.45) is 0 Å². The maximum atomic E-state index is 12.0. The molecule has 5 nitrogen and oxygen atoms in total. The Kier molecular flexibility index (Phi) is 5.62. The predicted octanol–water partition coefficient (Wildman–Crippen LogP) is 4.74. The Hall–Kier alpha value is -2.03. The topological polar surface area (TPSA) is 68.3 Å². The maximum Gasteiger partial charge on any atom is 0.358 e. The van der Waals surface area contributed by atoms with Crippen LogP contribution in [0.25, 0.3) is 9.88 Å². The first-order valence-corrected chi connectivity index (χ1v) is 9.80. The largest absolute Gasteiger partial charge is 0.451 e. The minimum Gasteiger partial charge on any atom is -0.451 e. The molecule has 1 N–H and O–H groups in total. The van der Waals surface area contributed by atoms with Crippen molar-refractivity contribution in [3.05, 3.63) is 56.8 Å². The molecule has 3 rings (SSSR count). The number of halogens is 1. The van der Waals surface area contributed by atoms with Crippen molar-refractivity contribution < 1.29 is 14.3 Å². The molecule has 0 saturated carbocycles. The Morgan fingerprint density at radius 3 is 2.84 bits per heavy atom. The minimum absolute atomic E-state index is 0.209. The van der Waals surface area contributed by atoms with Crippen LogP contribution < -0.4 is 5.32 Å². The standard InChI is InChI=1S/C17H13BrN2O3S2/c1-10-7-11(18)4-5-12(10)19-15(21)8-23-17(22)13-9-25-16(20-13)14-3-2-6-24-14/h2-7,9H,8H2,1H3,(H,19,21). The van der Waals surface area contributed by atoms with Gasteiger partial charge < -0.3 is 10.1 Å². The SMILES string of the molecule is Cc1cc(Br)ccc1NC(=O)COC(=O)c1csc(-c2cccs2)n1. The van der Waals surface area contributed by atoms with Crippen LogP contribution in [0.5, 0.6) is 0 Å². The number of ether oxygens (including phenoxy) is 1. The number of nitrogens with one attached hydrogen (secondary N) is 1. The van der Waals surface area contributed by atoms with Gasteiger partial charge in [0, 0.05) is 15.5 Å². The summed E-state index contributed by atoms with van der Waals surface area (Å²) < 4.78 is 5.97. The number of thiophene rings is 1. The van der Waals surface area contributed by atoms with Crippen LogP contribution in [0.1, 0.15) is 16.1 Å². The smallest absolute Gasteiger partial charge is 0.358 e. The molecule has 2 aromatic heterocycles. The fraction of sp³-hybridized carbons (Fsp3) is 0.118. The summed E-state index contributed by atoms with van der Waals surface area (Å²) in [5, 5.41) is 7.06. The summed E-state index contributed by atoms with van der Waals surface area (Å²) in [7, 11) is 0. The molecule has 1 aromatic carbocycles. The number of nitrogens with zero attached hydrogens (tertiary/aromatic N) is 1. The van der Waals surface area contributed by atoms with E-state index in [-0.39, 0.29) is 12.3 Å². The molecule has 0 unspecified atom stereocenters. The fourth-order valence-electron chi connectivity index (χ4n) is 2.04. The van der Waals surface area contributed by atoms with Crippen LogP contribution in [0.2, 0.25) is 0 Å². The summed E-state index contributed by atoms with van der Waals surface area (Å²) in [5.74, 6) is -1.01. The molecule has 0 fully saturated rings. The van der Waals surface area contributed by atoms with Crippen molar-refractivity contribution in [3.8, 4) is 9.88 Å². The van der Waals surface area contributed by atoms with Crippen LogP contribution in [-0.4, -0.2) is 23.5 Å². The second kappa shape index (κ2) is 7.90. The Balaban J connectivity index is 1.56. The number of aromatic nitrogens is 1. The predicted molar refractivity (Wildman–Crippen MR) is 103 cm³/mol. The van der Waals surface area contributed by atoms with Crippen LogP contribution in [0.4, 0.5) is 5.69 Å². The third-order valence-corrected chi connectivity index (χ3v) is 5.62. The van der Waals surface area contributed by atoms with E-state index in [2.05, 4.69) is 26.2 Å². The zero-order valence-corrected chi connectivity index (χ0v) is 16.3. The summed E-state index contributed by atoms with van der Waals surface area (Å²) in [6, 6.07) is 9.37. The highest BCUT2D eigenvalue weighted by molar-refractivity contribution is 9.10. The number of esters is 1. The highest BCUT2D eigenvalue weighted by Gasteiger charge is 2.15. The molecule has 0 saturated heterocycles. The third-order valence-electron chi connectivity index (χ3n) is 3.24. The molecule has 8 heteroatoms. The summed E-state index contributed by atoms with van der Waals surface area (Å²) in [6.07, 6.45) is 0. The number of anilines is 1. The highest BCUT2D eigenvalue weighted by atomic mass is 79.9. The number of carbonyl (C=O) groups is 2. The van der Waals surface area contributed by atoms with Crippen molar-refractivity contribution in [2.45, 2.75) is 6.92 Å². The van der Waals surface area contributed by atoms with E-state index in [4.69, 9.17) is 4.74 Å². The lowest BCUT2D eigenvalue weighted by Crippen LogP contribution is -2.21. The Labute approximate surface area is 160 Å². The Morgan fingerprint density at radius 2 is 2.12 bits per heavy atom. The summed E-state index contributed by atoms with van der Waals surface area (Å²) >= 11 is 6.29. The first-order valence-electron chi connectivity index (χ1n) is 7.25. The first-order chi connectivity index (χ1) is 12.0. The second-order valence-electron chi connectivity index (χ2n) is 5.10. The van der Waals surface area contributed by atoms with Crippen LogP contribution in [0.3, 0.4) is 0 Å². The van der Waals surface area contributed by atoms with E-state index in [9.17, 15) is 9.59 Å². The van der Waals surface area contributed by atoms with Gasteiger partial charge in [0.1, 0.15) is 5.01 Å². The maximum absolute atomic E-state index is 12.0. The number of amides is 1. The third kappa shape index (κ3) is 4.53. The van der Waals surface area contributed by atoms with Gasteiger partial charge >= 0.3 is 5.97 Å². The summed E-state index contributed by atoms with van der Waals surface area (Å²) in [6.45, 7) is 1.52. The molecule has 128 valence electrons. The summed E-state index contributed by atoms with van der Waals surface area (Å²) in [5.41, 5.74) is 1.80. The number of carbonyl (C=O) groups excluding carboxylic acids is 2. The van der Waals surface area contributed by atoms with Crippen molar-refractivity contribution >= 4 is 56.2 Å². The van der Waals surface area contributed by atoms with Gasteiger partial charge in [0.2, 0.25) is 0 Å². The monoisotopic (exact) mass is 436 g/mol. The minimum atomic E-state index is -0.610. The molecule has 0 atom stereocenters. The fourth-order valence-corrected chi connectivity index (χ4v) is 4.12. The molecule has 3 aromatic rings. The van der Waals surface area contributed by atoms with Gasteiger partial charge in [0.15, 0.2) is 12.3 Å². The quantitative estimate of drug-likeness (QED) is 0.586. The molecule has 25 heavy (non-hydrogen) atoms. The van der Waals surface area contributed by atoms with Crippen LogP contribution in [-0.2, 0) is 9.53 Å². The number of hydrogen-bond donors (Lipinski definition) is 1. The van der Waals surface area contributed by atoms with Crippen molar-refractivity contribution in [1.82, 2.24) is 4.98 Å². The number of aryl methyl sites for hydroxylation is 1. The Bertz CT molecular complexity index is 907. The number of rotatable bonds is 5. The van der Waals surface area contributed by atoms with Gasteiger partial charge in [-0.05, 0) is 42.1 Å². The van der Waals surface area contributed by atoms with E-state index in [1.165, 1.54) is 11.3 Å². The van der Waals surface area contributed by atoms with E-state index in [1.54, 1.807) is 22.8 Å². The van der Waals surface area contributed by atoms with Gasteiger partial charge in [0.25, 0.3) is 5.91 Å². The van der Waals surface area contributed by atoms with Crippen molar-refractivity contribution in [2.75, 3.05) is 11.9 Å². The molecule has 0 aliphatic rings. The molecule has 0 aliphatic carbocycles. The van der Waals surface area contributed by atoms with E-state index < -0.39 is 11.9 Å². The second-order valence-corrected chi connectivity index (χ2v) is 7.82. The molecule has 1 amide bonds. The lowest BCUT2D eigenvalue weighted by atomic mass is 10.2. The summed E-state index contributed by atoms with van der Waals surface area (Å²) in [4.78, 5) is 29.2. The average Bonchev–Trinajstić information content (AvgIpc) is 3.26. The zero-order valence-electron chi connectivity index (χ0n) is 13.1. The molecule has 2 heterocycles. The van der Waals surface area contributed by atoms with Gasteiger partial charge in [-0.25, -0.2) is 9.78 Å². The van der Waals surface area contributed by atoms with Gasteiger partial charge in [-0.2, -0.15) is 0 Å². The van der Waals surface area contributed by atoms with Gasteiger partial charge in [0.05, 0.1) is 4.88 Å². The highest BCUT2D eigenvalue weighted by Crippen LogP contribution is 2.28. The van der Waals surface area contributed by atoms with Crippen LogP contribution >= 0.6 is 38.6 Å². The van der Waals surface area contributed by atoms with E-state index >= 15 is 0 Å². The van der Waals surface area contributed by atoms with E-state index in [0.717, 1.165) is 19.9 Å². The Morgan fingerprint density at radius 1 is 1.28 bits per heavy atom. The first kappa shape index (κ1) is 17.8. The molecule has 0 spiro atoms. The van der Waals surface area contributed by atoms with Crippen LogP contribution in [0.15, 0.2) is 45.6 Å². The molecular formula is C17H13BrN2O3S2.